The Labute approximate surface area is 146 Å². The minimum atomic E-state index is -0.269. The monoisotopic (exact) mass is 328 g/mol. The van der Waals surface area contributed by atoms with Gasteiger partial charge in [-0.1, -0.05) is 39.7 Å². The van der Waals surface area contributed by atoms with E-state index in [1.54, 1.807) is 12.5 Å². The Balaban J connectivity index is 2.06. The molecule has 0 saturated heterocycles. The van der Waals surface area contributed by atoms with E-state index < -0.39 is 0 Å². The highest BCUT2D eigenvalue weighted by Crippen LogP contribution is 2.57. The van der Waals surface area contributed by atoms with Gasteiger partial charge in [0.15, 0.2) is 5.78 Å². The van der Waals surface area contributed by atoms with Gasteiger partial charge >= 0.3 is 0 Å². The summed E-state index contributed by atoms with van der Waals surface area (Å²) in [4.78, 5) is 24.9. The lowest BCUT2D eigenvalue weighted by atomic mass is 9.52. The van der Waals surface area contributed by atoms with Gasteiger partial charge < -0.3 is 0 Å². The van der Waals surface area contributed by atoms with E-state index in [-0.39, 0.29) is 16.6 Å². The maximum atomic E-state index is 12.6. The number of rotatable bonds is 3. The second-order valence-electron chi connectivity index (χ2n) is 8.82. The summed E-state index contributed by atoms with van der Waals surface area (Å²) in [6.07, 6.45) is 9.03. The minimum Gasteiger partial charge on any atom is -0.299 e. The zero-order chi connectivity index (χ0) is 17.7. The van der Waals surface area contributed by atoms with Crippen LogP contribution < -0.4 is 0 Å². The van der Waals surface area contributed by atoms with Crippen LogP contribution >= 0.6 is 0 Å². The van der Waals surface area contributed by atoms with Crippen LogP contribution in [-0.2, 0) is 9.59 Å². The highest BCUT2D eigenvalue weighted by Gasteiger charge is 2.50. The number of ketones is 2. The predicted octanol–water partition coefficient (Wildman–Crippen LogP) is 5.42. The van der Waals surface area contributed by atoms with Crippen molar-refractivity contribution in [1.82, 2.24) is 0 Å². The van der Waals surface area contributed by atoms with Crippen LogP contribution in [0.1, 0.15) is 79.6 Å². The standard InChI is InChI=1S/C22H32O2/c1-6-19-17-9-8-15-12-20(24)21(4,5)13-18(15)16(17)10-11-22(19,7-2)14(3)23/h12,17,19H,6-11,13H2,1-5H3/t17-,19?,22?/m1/s1. The van der Waals surface area contributed by atoms with Gasteiger partial charge in [-0.15, -0.1) is 0 Å². The summed E-state index contributed by atoms with van der Waals surface area (Å²) in [6, 6.07) is 0. The van der Waals surface area contributed by atoms with Crippen molar-refractivity contribution in [2.45, 2.75) is 79.6 Å². The normalized spacial score (nSPS) is 35.2. The Morgan fingerprint density at radius 1 is 1.25 bits per heavy atom. The van der Waals surface area contributed by atoms with E-state index in [2.05, 4.69) is 27.7 Å². The van der Waals surface area contributed by atoms with Gasteiger partial charge in [0.05, 0.1) is 0 Å². The first-order valence-corrected chi connectivity index (χ1v) is 9.75. The van der Waals surface area contributed by atoms with Gasteiger partial charge in [0, 0.05) is 10.8 Å². The van der Waals surface area contributed by atoms with Gasteiger partial charge in [0.2, 0.25) is 0 Å². The van der Waals surface area contributed by atoms with Gasteiger partial charge in [-0.3, -0.25) is 9.59 Å². The van der Waals surface area contributed by atoms with E-state index in [0.29, 0.717) is 17.6 Å². The molecule has 0 amide bonds. The molecule has 0 aromatic carbocycles. The number of allylic oxidation sites excluding steroid dienone is 4. The molecule has 3 aliphatic carbocycles. The largest absolute Gasteiger partial charge is 0.299 e. The smallest absolute Gasteiger partial charge is 0.161 e. The molecule has 0 heterocycles. The Morgan fingerprint density at radius 3 is 2.54 bits per heavy atom. The van der Waals surface area contributed by atoms with Crippen molar-refractivity contribution in [1.29, 1.82) is 0 Å². The molecular formula is C22H32O2. The summed E-state index contributed by atoms with van der Waals surface area (Å²) in [5.74, 6) is 1.69. The van der Waals surface area contributed by atoms with E-state index in [9.17, 15) is 9.59 Å². The first-order valence-electron chi connectivity index (χ1n) is 9.75. The molecule has 0 aromatic rings. The maximum absolute atomic E-state index is 12.6. The summed E-state index contributed by atoms with van der Waals surface area (Å²) in [5.41, 5.74) is 3.97. The fraction of sp³-hybridized carbons (Fsp3) is 0.727. The quantitative estimate of drug-likeness (QED) is 0.693. The van der Waals surface area contributed by atoms with E-state index in [4.69, 9.17) is 0 Å². The van der Waals surface area contributed by atoms with Crippen LogP contribution in [0, 0.1) is 22.7 Å². The van der Waals surface area contributed by atoms with Crippen molar-refractivity contribution in [3.63, 3.8) is 0 Å². The first-order chi connectivity index (χ1) is 11.3. The van der Waals surface area contributed by atoms with Crippen LogP contribution in [0.5, 0.6) is 0 Å². The van der Waals surface area contributed by atoms with Crippen LogP contribution in [0.2, 0.25) is 0 Å². The lowest BCUT2D eigenvalue weighted by Crippen LogP contribution is -2.46. The van der Waals surface area contributed by atoms with Gasteiger partial charge in [-0.05, 0) is 74.5 Å². The minimum absolute atomic E-state index is 0.120. The zero-order valence-electron chi connectivity index (χ0n) is 16.0. The number of fused-ring (bicyclic) bond motifs is 2. The molecule has 2 heteroatoms. The third kappa shape index (κ3) is 2.45. The number of hydrogen-bond acceptors (Lipinski definition) is 2. The topological polar surface area (TPSA) is 34.1 Å². The highest BCUT2D eigenvalue weighted by atomic mass is 16.1. The van der Waals surface area contributed by atoms with Gasteiger partial charge in [-0.25, -0.2) is 0 Å². The molecule has 3 aliphatic rings. The molecule has 0 N–H and O–H groups in total. The molecule has 0 aliphatic heterocycles. The fourth-order valence-electron chi connectivity index (χ4n) is 5.84. The van der Waals surface area contributed by atoms with E-state index in [1.165, 1.54) is 11.1 Å². The maximum Gasteiger partial charge on any atom is 0.161 e. The fourth-order valence-corrected chi connectivity index (χ4v) is 5.84. The van der Waals surface area contributed by atoms with Crippen molar-refractivity contribution < 1.29 is 9.59 Å². The third-order valence-electron chi connectivity index (χ3n) is 7.35. The van der Waals surface area contributed by atoms with Crippen LogP contribution in [0.15, 0.2) is 22.8 Å². The van der Waals surface area contributed by atoms with Crippen molar-refractivity contribution in [2.24, 2.45) is 22.7 Å². The van der Waals surface area contributed by atoms with Crippen molar-refractivity contribution in [3.05, 3.63) is 22.8 Å². The summed E-state index contributed by atoms with van der Waals surface area (Å²) in [6.45, 7) is 10.4. The van der Waals surface area contributed by atoms with E-state index in [1.807, 2.05) is 6.08 Å². The van der Waals surface area contributed by atoms with Crippen LogP contribution in [0.25, 0.3) is 0 Å². The summed E-state index contributed by atoms with van der Waals surface area (Å²) < 4.78 is 0. The number of carbonyl (C=O) groups is 2. The van der Waals surface area contributed by atoms with Crippen LogP contribution in [0.4, 0.5) is 0 Å². The van der Waals surface area contributed by atoms with Gasteiger partial charge in [0.25, 0.3) is 0 Å². The summed E-state index contributed by atoms with van der Waals surface area (Å²) in [5, 5.41) is 0. The molecule has 2 unspecified atom stereocenters. The average Bonchev–Trinajstić information content (AvgIpc) is 2.54. The lowest BCUT2D eigenvalue weighted by Gasteiger charge is -2.51. The van der Waals surface area contributed by atoms with Gasteiger partial charge in [-0.2, -0.15) is 0 Å². The Bertz CT molecular complexity index is 634. The Kier molecular flexibility index (Phi) is 4.38. The van der Waals surface area contributed by atoms with Crippen molar-refractivity contribution >= 4 is 11.6 Å². The molecular weight excluding hydrogens is 296 g/mol. The molecule has 1 saturated carbocycles. The third-order valence-corrected chi connectivity index (χ3v) is 7.35. The Hall–Kier alpha value is -1.18. The average molecular weight is 328 g/mol. The van der Waals surface area contributed by atoms with Crippen LogP contribution in [-0.4, -0.2) is 11.6 Å². The molecule has 0 bridgehead atoms. The highest BCUT2D eigenvalue weighted by molar-refractivity contribution is 5.97. The van der Waals surface area contributed by atoms with E-state index in [0.717, 1.165) is 44.9 Å². The molecule has 0 spiro atoms. The summed E-state index contributed by atoms with van der Waals surface area (Å²) in [7, 11) is 0. The second-order valence-corrected chi connectivity index (χ2v) is 8.82. The Morgan fingerprint density at radius 2 is 1.96 bits per heavy atom. The second kappa shape index (κ2) is 5.97. The molecule has 24 heavy (non-hydrogen) atoms. The molecule has 132 valence electrons. The van der Waals surface area contributed by atoms with Gasteiger partial charge in [0.1, 0.15) is 5.78 Å². The number of carbonyl (C=O) groups excluding carboxylic acids is 2. The molecule has 1 fully saturated rings. The molecule has 3 atom stereocenters. The SMILES string of the molecule is CCC1[C@@H]2CCC3=CC(=O)C(C)(C)CC3=C2CCC1(CC)C(C)=O. The summed E-state index contributed by atoms with van der Waals surface area (Å²) >= 11 is 0. The first kappa shape index (κ1) is 17.6. The molecule has 0 radical (unpaired) electrons. The molecule has 2 nitrogen and oxygen atoms in total. The number of hydrogen-bond donors (Lipinski definition) is 0. The molecule has 3 rings (SSSR count). The van der Waals surface area contributed by atoms with Crippen LogP contribution in [0.3, 0.4) is 0 Å². The van der Waals surface area contributed by atoms with Crippen molar-refractivity contribution in [2.75, 3.05) is 0 Å². The van der Waals surface area contributed by atoms with Crippen molar-refractivity contribution in [3.8, 4) is 0 Å². The lowest BCUT2D eigenvalue weighted by molar-refractivity contribution is -0.133. The van der Waals surface area contributed by atoms with E-state index >= 15 is 0 Å². The zero-order valence-corrected chi connectivity index (χ0v) is 16.0. The molecule has 0 aromatic heterocycles. The predicted molar refractivity (Wildman–Crippen MR) is 97.7 cm³/mol. The number of Topliss-reactive ketones (excluding diaryl/α,β-unsaturated/α-hetero) is 1.